The van der Waals surface area contributed by atoms with Crippen LogP contribution in [0.4, 0.5) is 10.5 Å². The van der Waals surface area contributed by atoms with Crippen molar-refractivity contribution >= 4 is 11.8 Å². The minimum absolute atomic E-state index is 0.297. The van der Waals surface area contributed by atoms with Crippen LogP contribution in [0.25, 0.3) is 0 Å². The number of methoxy groups -OCH3 is 1. The van der Waals surface area contributed by atoms with Crippen molar-refractivity contribution in [3.05, 3.63) is 24.3 Å². The zero-order valence-corrected chi connectivity index (χ0v) is 12.4. The third-order valence-electron chi connectivity index (χ3n) is 4.97. The lowest BCUT2D eigenvalue weighted by molar-refractivity contribution is 0.0986. The van der Waals surface area contributed by atoms with Gasteiger partial charge < -0.3 is 19.6 Å². The average molecular weight is 290 g/mol. The molecule has 5 nitrogen and oxygen atoms in total. The Hall–Kier alpha value is -1.91. The Morgan fingerprint density at radius 2 is 1.76 bits per heavy atom. The summed E-state index contributed by atoms with van der Waals surface area (Å²) in [6.07, 6.45) is 2.33. The van der Waals surface area contributed by atoms with Crippen LogP contribution in [0.3, 0.4) is 0 Å². The molecule has 21 heavy (non-hydrogen) atoms. The fourth-order valence-corrected chi connectivity index (χ4v) is 3.53. The number of anilines is 1. The fraction of sp³-hybridized carbons (Fsp3) is 0.562. The molecule has 2 fully saturated rings. The van der Waals surface area contributed by atoms with Crippen LogP contribution in [0.15, 0.2) is 24.3 Å². The SMILES string of the molecule is COc1ccc(N2CCC3(CCN(C(=O)O)CC3)C2)cc1. The van der Waals surface area contributed by atoms with E-state index >= 15 is 0 Å². The summed E-state index contributed by atoms with van der Waals surface area (Å²) in [5.41, 5.74) is 1.53. The fourth-order valence-electron chi connectivity index (χ4n) is 3.53. The van der Waals surface area contributed by atoms with Crippen molar-refractivity contribution in [1.82, 2.24) is 4.90 Å². The Kier molecular flexibility index (Phi) is 3.66. The molecule has 2 aliphatic heterocycles. The lowest BCUT2D eigenvalue weighted by atomic mass is 9.78. The van der Waals surface area contributed by atoms with Gasteiger partial charge in [0, 0.05) is 31.9 Å². The van der Waals surface area contributed by atoms with Crippen molar-refractivity contribution in [1.29, 1.82) is 0 Å². The summed E-state index contributed by atoms with van der Waals surface area (Å²) in [5.74, 6) is 0.877. The molecule has 0 bridgehead atoms. The number of hydrogen-bond donors (Lipinski definition) is 1. The molecule has 1 aromatic rings. The van der Waals surface area contributed by atoms with Gasteiger partial charge in [-0.2, -0.15) is 0 Å². The van der Waals surface area contributed by atoms with E-state index in [2.05, 4.69) is 17.0 Å². The zero-order valence-electron chi connectivity index (χ0n) is 12.4. The van der Waals surface area contributed by atoms with Crippen LogP contribution in [0.5, 0.6) is 5.75 Å². The molecule has 0 saturated carbocycles. The molecule has 2 saturated heterocycles. The number of rotatable bonds is 2. The number of benzene rings is 1. The number of amides is 1. The maximum atomic E-state index is 11.0. The second-order valence-corrected chi connectivity index (χ2v) is 6.14. The molecule has 3 rings (SSSR count). The lowest BCUT2D eigenvalue weighted by Gasteiger charge is -2.38. The van der Waals surface area contributed by atoms with Gasteiger partial charge in [-0.25, -0.2) is 4.79 Å². The van der Waals surface area contributed by atoms with Crippen molar-refractivity contribution < 1.29 is 14.6 Å². The maximum absolute atomic E-state index is 11.0. The Morgan fingerprint density at radius 1 is 1.14 bits per heavy atom. The predicted octanol–water partition coefficient (Wildman–Crippen LogP) is 2.67. The highest BCUT2D eigenvalue weighted by Crippen LogP contribution is 2.42. The molecule has 1 aromatic carbocycles. The quantitative estimate of drug-likeness (QED) is 0.910. The molecule has 114 valence electrons. The van der Waals surface area contributed by atoms with Crippen molar-refractivity contribution in [2.75, 3.05) is 38.2 Å². The van der Waals surface area contributed by atoms with E-state index in [0.29, 0.717) is 18.5 Å². The standard InChI is InChI=1S/C16H22N2O3/c1-21-14-4-2-13(3-5-14)18-11-8-16(12-18)6-9-17(10-7-16)15(19)20/h2-5H,6-12H2,1H3,(H,19,20). The molecule has 2 aliphatic rings. The van der Waals surface area contributed by atoms with Crippen LogP contribution in [-0.2, 0) is 0 Å². The van der Waals surface area contributed by atoms with Crippen molar-refractivity contribution in [3.63, 3.8) is 0 Å². The summed E-state index contributed by atoms with van der Waals surface area (Å²) >= 11 is 0. The average Bonchev–Trinajstić information content (AvgIpc) is 2.92. The number of carboxylic acid groups (broad SMARTS) is 1. The number of hydrogen-bond acceptors (Lipinski definition) is 3. The zero-order chi connectivity index (χ0) is 14.9. The molecule has 0 unspecified atom stereocenters. The number of ether oxygens (including phenoxy) is 1. The molecule has 1 amide bonds. The summed E-state index contributed by atoms with van der Waals surface area (Å²) < 4.78 is 5.20. The van der Waals surface area contributed by atoms with Crippen molar-refractivity contribution in [2.24, 2.45) is 5.41 Å². The van der Waals surface area contributed by atoms with Crippen LogP contribution in [0.2, 0.25) is 0 Å². The number of piperidine rings is 1. The highest BCUT2D eigenvalue weighted by Gasteiger charge is 2.41. The lowest BCUT2D eigenvalue weighted by Crippen LogP contribution is -2.43. The van der Waals surface area contributed by atoms with Gasteiger partial charge in [-0.05, 0) is 48.9 Å². The molecular formula is C16H22N2O3. The van der Waals surface area contributed by atoms with Gasteiger partial charge in [-0.15, -0.1) is 0 Å². The van der Waals surface area contributed by atoms with Crippen molar-refractivity contribution in [2.45, 2.75) is 19.3 Å². The molecular weight excluding hydrogens is 268 g/mol. The topological polar surface area (TPSA) is 53.0 Å². The monoisotopic (exact) mass is 290 g/mol. The number of carbonyl (C=O) groups is 1. The summed E-state index contributed by atoms with van der Waals surface area (Å²) in [4.78, 5) is 15.0. The van der Waals surface area contributed by atoms with Gasteiger partial charge in [-0.1, -0.05) is 0 Å². The molecule has 0 radical (unpaired) electrons. The third kappa shape index (κ3) is 2.77. The minimum atomic E-state index is -0.783. The first-order valence-corrected chi connectivity index (χ1v) is 7.49. The van der Waals surface area contributed by atoms with Gasteiger partial charge in [0.1, 0.15) is 5.75 Å². The van der Waals surface area contributed by atoms with E-state index in [1.165, 1.54) is 5.69 Å². The highest BCUT2D eigenvalue weighted by molar-refractivity contribution is 5.65. The summed E-state index contributed by atoms with van der Waals surface area (Å²) in [6.45, 7) is 3.43. The van der Waals surface area contributed by atoms with Crippen LogP contribution < -0.4 is 9.64 Å². The highest BCUT2D eigenvalue weighted by atomic mass is 16.5. The second kappa shape index (κ2) is 5.47. The van der Waals surface area contributed by atoms with E-state index in [1.807, 2.05) is 12.1 Å². The molecule has 5 heteroatoms. The molecule has 2 heterocycles. The van der Waals surface area contributed by atoms with E-state index in [4.69, 9.17) is 9.84 Å². The summed E-state index contributed by atoms with van der Waals surface area (Å²) in [6, 6.07) is 8.19. The molecule has 0 aliphatic carbocycles. The van der Waals surface area contributed by atoms with Gasteiger partial charge >= 0.3 is 6.09 Å². The Morgan fingerprint density at radius 3 is 2.33 bits per heavy atom. The van der Waals surface area contributed by atoms with Gasteiger partial charge in [0.15, 0.2) is 0 Å². The van der Waals surface area contributed by atoms with Crippen LogP contribution >= 0.6 is 0 Å². The van der Waals surface area contributed by atoms with E-state index in [9.17, 15) is 4.79 Å². The van der Waals surface area contributed by atoms with Gasteiger partial charge in [-0.3, -0.25) is 0 Å². The summed E-state index contributed by atoms with van der Waals surface area (Å²) in [7, 11) is 1.68. The van der Waals surface area contributed by atoms with Crippen molar-refractivity contribution in [3.8, 4) is 5.75 Å². The Bertz CT molecular complexity index is 507. The smallest absolute Gasteiger partial charge is 0.407 e. The maximum Gasteiger partial charge on any atom is 0.407 e. The van der Waals surface area contributed by atoms with E-state index in [-0.39, 0.29) is 0 Å². The van der Waals surface area contributed by atoms with E-state index < -0.39 is 6.09 Å². The molecule has 0 atom stereocenters. The summed E-state index contributed by atoms with van der Waals surface area (Å²) in [5, 5.41) is 9.05. The van der Waals surface area contributed by atoms with Crippen LogP contribution in [-0.4, -0.2) is 49.4 Å². The van der Waals surface area contributed by atoms with Gasteiger partial charge in [0.05, 0.1) is 7.11 Å². The third-order valence-corrected chi connectivity index (χ3v) is 4.97. The first-order valence-electron chi connectivity index (χ1n) is 7.49. The van der Waals surface area contributed by atoms with E-state index in [0.717, 1.165) is 38.1 Å². The van der Waals surface area contributed by atoms with Gasteiger partial charge in [0.25, 0.3) is 0 Å². The van der Waals surface area contributed by atoms with E-state index in [1.54, 1.807) is 12.0 Å². The van der Waals surface area contributed by atoms with Crippen LogP contribution in [0.1, 0.15) is 19.3 Å². The van der Waals surface area contributed by atoms with Gasteiger partial charge in [0.2, 0.25) is 0 Å². The number of likely N-dealkylation sites (tertiary alicyclic amines) is 1. The minimum Gasteiger partial charge on any atom is -0.497 e. The molecule has 1 N–H and O–H groups in total. The second-order valence-electron chi connectivity index (χ2n) is 6.14. The number of nitrogens with zero attached hydrogens (tertiary/aromatic N) is 2. The normalized spacial score (nSPS) is 20.8. The Labute approximate surface area is 125 Å². The Balaban J connectivity index is 1.64. The predicted molar refractivity (Wildman–Crippen MR) is 81.1 cm³/mol. The largest absolute Gasteiger partial charge is 0.497 e. The molecule has 1 spiro atoms. The van der Waals surface area contributed by atoms with Crippen LogP contribution in [0, 0.1) is 5.41 Å². The molecule has 0 aromatic heterocycles. The first kappa shape index (κ1) is 14.0. The first-order chi connectivity index (χ1) is 10.1.